The zero-order valence-corrected chi connectivity index (χ0v) is 11.7. The highest BCUT2D eigenvalue weighted by Crippen LogP contribution is 2.28. The summed E-state index contributed by atoms with van der Waals surface area (Å²) in [5.41, 5.74) is 0.164. The molecule has 0 N–H and O–H groups in total. The average molecular weight is 290 g/mol. The quantitative estimate of drug-likeness (QED) is 0.781. The standard InChI is InChI=1S/C13H14N4O2S/c14-7-8-17(12-3-1-2-4-12)20(18,19)13-6-5-11(9-15)16-10-13/h5-6,10,12H,1-4,8H2. The molecule has 6 nitrogen and oxygen atoms in total. The van der Waals surface area contributed by atoms with Crippen LogP contribution in [0.1, 0.15) is 31.4 Å². The van der Waals surface area contributed by atoms with Crippen LogP contribution in [-0.4, -0.2) is 30.3 Å². The van der Waals surface area contributed by atoms with Crippen LogP contribution >= 0.6 is 0 Å². The van der Waals surface area contributed by atoms with Gasteiger partial charge in [0.05, 0.1) is 6.07 Å². The van der Waals surface area contributed by atoms with Crippen molar-refractivity contribution in [3.05, 3.63) is 24.0 Å². The first-order valence-electron chi connectivity index (χ1n) is 6.34. The largest absolute Gasteiger partial charge is 0.245 e. The molecule has 0 aliphatic heterocycles. The minimum Gasteiger partial charge on any atom is -0.244 e. The van der Waals surface area contributed by atoms with Crippen molar-refractivity contribution < 1.29 is 8.42 Å². The monoisotopic (exact) mass is 290 g/mol. The number of hydrogen-bond donors (Lipinski definition) is 0. The number of aromatic nitrogens is 1. The summed E-state index contributed by atoms with van der Waals surface area (Å²) in [6, 6.07) is 6.37. The van der Waals surface area contributed by atoms with Gasteiger partial charge < -0.3 is 0 Å². The van der Waals surface area contributed by atoms with Crippen LogP contribution in [0.5, 0.6) is 0 Å². The summed E-state index contributed by atoms with van der Waals surface area (Å²) in [6.45, 7) is -0.160. The summed E-state index contributed by atoms with van der Waals surface area (Å²) in [6.07, 6.45) is 4.70. The van der Waals surface area contributed by atoms with E-state index in [9.17, 15) is 8.42 Å². The summed E-state index contributed by atoms with van der Waals surface area (Å²) in [4.78, 5) is 3.81. The lowest BCUT2D eigenvalue weighted by atomic mass is 10.2. The minimum atomic E-state index is -3.73. The molecule has 104 valence electrons. The van der Waals surface area contributed by atoms with E-state index in [1.165, 1.54) is 22.6 Å². The zero-order chi connectivity index (χ0) is 14.6. The Balaban J connectivity index is 2.34. The van der Waals surface area contributed by atoms with Gasteiger partial charge >= 0.3 is 0 Å². The second-order valence-corrected chi connectivity index (χ2v) is 6.53. The maximum absolute atomic E-state index is 12.6. The van der Waals surface area contributed by atoms with Gasteiger partial charge in [0, 0.05) is 12.2 Å². The highest BCUT2D eigenvalue weighted by Gasteiger charge is 2.33. The number of rotatable bonds is 4. The lowest BCUT2D eigenvalue weighted by Gasteiger charge is -2.25. The number of pyridine rings is 1. The Hall–Kier alpha value is -1.96. The van der Waals surface area contributed by atoms with Crippen LogP contribution in [0.4, 0.5) is 0 Å². The highest BCUT2D eigenvalue weighted by molar-refractivity contribution is 7.89. The smallest absolute Gasteiger partial charge is 0.244 e. The van der Waals surface area contributed by atoms with E-state index in [-0.39, 0.29) is 23.2 Å². The average Bonchev–Trinajstić information content (AvgIpc) is 2.98. The van der Waals surface area contributed by atoms with Gasteiger partial charge in [0.15, 0.2) is 0 Å². The molecule has 20 heavy (non-hydrogen) atoms. The molecule has 1 aromatic heterocycles. The Morgan fingerprint density at radius 3 is 2.50 bits per heavy atom. The normalized spacial score (nSPS) is 15.9. The van der Waals surface area contributed by atoms with Crippen LogP contribution in [-0.2, 0) is 10.0 Å². The van der Waals surface area contributed by atoms with Crippen LogP contribution in [0.25, 0.3) is 0 Å². The molecule has 1 fully saturated rings. The van der Waals surface area contributed by atoms with E-state index in [0.29, 0.717) is 0 Å². The van der Waals surface area contributed by atoms with Gasteiger partial charge in [-0.05, 0) is 25.0 Å². The molecule has 0 amide bonds. The van der Waals surface area contributed by atoms with E-state index < -0.39 is 10.0 Å². The topological polar surface area (TPSA) is 97.9 Å². The van der Waals surface area contributed by atoms with E-state index in [2.05, 4.69) is 4.98 Å². The van der Waals surface area contributed by atoms with Gasteiger partial charge in [-0.2, -0.15) is 14.8 Å². The van der Waals surface area contributed by atoms with Crippen molar-refractivity contribution in [2.75, 3.05) is 6.54 Å². The third-order valence-corrected chi connectivity index (χ3v) is 5.30. The molecule has 7 heteroatoms. The molecule has 2 rings (SSSR count). The summed E-state index contributed by atoms with van der Waals surface area (Å²) in [5.74, 6) is 0. The highest BCUT2D eigenvalue weighted by atomic mass is 32.2. The maximum Gasteiger partial charge on any atom is 0.245 e. The van der Waals surface area contributed by atoms with Gasteiger partial charge in [-0.25, -0.2) is 13.4 Å². The SMILES string of the molecule is N#CCN(C1CCCC1)S(=O)(=O)c1ccc(C#N)nc1. The first kappa shape index (κ1) is 14.4. The van der Waals surface area contributed by atoms with Crippen molar-refractivity contribution in [1.82, 2.24) is 9.29 Å². The first-order valence-corrected chi connectivity index (χ1v) is 7.78. The fourth-order valence-corrected chi connectivity index (χ4v) is 3.93. The maximum atomic E-state index is 12.6. The molecular weight excluding hydrogens is 276 g/mol. The Morgan fingerprint density at radius 2 is 2.00 bits per heavy atom. The van der Waals surface area contributed by atoms with Crippen molar-refractivity contribution in [3.63, 3.8) is 0 Å². The Labute approximate surface area is 118 Å². The molecule has 0 aromatic carbocycles. The van der Waals surface area contributed by atoms with Crippen LogP contribution in [0, 0.1) is 22.7 Å². The van der Waals surface area contributed by atoms with E-state index >= 15 is 0 Å². The van der Waals surface area contributed by atoms with Gasteiger partial charge in [-0.15, -0.1) is 0 Å². The number of nitriles is 2. The van der Waals surface area contributed by atoms with Crippen molar-refractivity contribution in [2.24, 2.45) is 0 Å². The predicted molar refractivity (Wildman–Crippen MR) is 70.7 cm³/mol. The minimum absolute atomic E-state index is 0.0265. The molecule has 0 bridgehead atoms. The number of hydrogen-bond acceptors (Lipinski definition) is 5. The van der Waals surface area contributed by atoms with Crippen molar-refractivity contribution >= 4 is 10.0 Å². The van der Waals surface area contributed by atoms with Gasteiger partial charge in [-0.3, -0.25) is 0 Å². The van der Waals surface area contributed by atoms with Crippen LogP contribution < -0.4 is 0 Å². The van der Waals surface area contributed by atoms with E-state index in [4.69, 9.17) is 10.5 Å². The second-order valence-electron chi connectivity index (χ2n) is 4.64. The molecule has 1 aliphatic carbocycles. The molecule has 0 saturated heterocycles. The fraction of sp³-hybridized carbons (Fsp3) is 0.462. The molecule has 0 unspecified atom stereocenters. The molecule has 1 aromatic rings. The first-order chi connectivity index (χ1) is 9.59. The molecule has 1 aliphatic rings. The third kappa shape index (κ3) is 2.79. The predicted octanol–water partition coefficient (Wildman–Crippen LogP) is 1.41. The zero-order valence-electron chi connectivity index (χ0n) is 10.9. The van der Waals surface area contributed by atoms with Crippen LogP contribution in [0.2, 0.25) is 0 Å². The fourth-order valence-electron chi connectivity index (χ4n) is 2.41. The van der Waals surface area contributed by atoms with Gasteiger partial charge in [0.2, 0.25) is 10.0 Å². The third-order valence-electron chi connectivity index (χ3n) is 3.42. The van der Waals surface area contributed by atoms with Crippen LogP contribution in [0.3, 0.4) is 0 Å². The molecule has 0 radical (unpaired) electrons. The molecule has 0 atom stereocenters. The van der Waals surface area contributed by atoms with Gasteiger partial charge in [0.1, 0.15) is 23.2 Å². The summed E-state index contributed by atoms with van der Waals surface area (Å²) in [5, 5.41) is 17.6. The van der Waals surface area contributed by atoms with Gasteiger partial charge in [-0.1, -0.05) is 12.8 Å². The number of sulfonamides is 1. The molecular formula is C13H14N4O2S. The van der Waals surface area contributed by atoms with E-state index in [0.717, 1.165) is 25.7 Å². The van der Waals surface area contributed by atoms with Gasteiger partial charge in [0.25, 0.3) is 0 Å². The molecule has 1 heterocycles. The van der Waals surface area contributed by atoms with Crippen molar-refractivity contribution in [3.8, 4) is 12.1 Å². The summed E-state index contributed by atoms with van der Waals surface area (Å²) >= 11 is 0. The van der Waals surface area contributed by atoms with Crippen LogP contribution in [0.15, 0.2) is 23.2 Å². The van der Waals surface area contributed by atoms with Crippen molar-refractivity contribution in [2.45, 2.75) is 36.6 Å². The molecule has 1 saturated carbocycles. The number of nitrogens with zero attached hydrogens (tertiary/aromatic N) is 4. The Kier molecular flexibility index (Phi) is 4.33. The lowest BCUT2D eigenvalue weighted by Crippen LogP contribution is -2.39. The second kappa shape index (κ2) is 6.00. The lowest BCUT2D eigenvalue weighted by molar-refractivity contribution is 0.350. The Morgan fingerprint density at radius 1 is 1.30 bits per heavy atom. The molecule has 0 spiro atoms. The van der Waals surface area contributed by atoms with Crippen molar-refractivity contribution in [1.29, 1.82) is 10.5 Å². The van der Waals surface area contributed by atoms with E-state index in [1.54, 1.807) is 0 Å². The Bertz CT molecular complexity index is 649. The van der Waals surface area contributed by atoms with E-state index in [1.807, 2.05) is 12.1 Å². The summed E-state index contributed by atoms with van der Waals surface area (Å²) in [7, 11) is -3.73. The summed E-state index contributed by atoms with van der Waals surface area (Å²) < 4.78 is 26.4.